The van der Waals surface area contributed by atoms with E-state index >= 15 is 0 Å². The Hall–Kier alpha value is -1.06. The zero-order chi connectivity index (χ0) is 13.5. The summed E-state index contributed by atoms with van der Waals surface area (Å²) in [6, 6.07) is 0. The molecule has 1 unspecified atom stereocenters. The van der Waals surface area contributed by atoms with Crippen molar-refractivity contribution in [3.05, 3.63) is 0 Å². The average Bonchev–Trinajstić information content (AvgIpc) is 2.40. The number of esters is 1. The van der Waals surface area contributed by atoms with E-state index in [1.54, 1.807) is 0 Å². The summed E-state index contributed by atoms with van der Waals surface area (Å²) in [6.45, 7) is 7.63. The lowest BCUT2D eigenvalue weighted by Gasteiger charge is -2.33. The van der Waals surface area contributed by atoms with Crippen LogP contribution in [0.2, 0.25) is 0 Å². The second-order valence-electron chi connectivity index (χ2n) is 4.89. The monoisotopic (exact) mass is 255 g/mol. The van der Waals surface area contributed by atoms with E-state index in [2.05, 4.69) is 0 Å². The fraction of sp³-hybridized carbons (Fsp3) is 0.857. The van der Waals surface area contributed by atoms with Crippen molar-refractivity contribution in [2.75, 3.05) is 19.7 Å². The van der Waals surface area contributed by atoms with Crippen LogP contribution in [0.15, 0.2) is 0 Å². The number of nitrogens with zero attached hydrogens (tertiary/aromatic N) is 1. The molecule has 0 radical (unpaired) electrons. The molecule has 0 saturated carbocycles. The van der Waals surface area contributed by atoms with Gasteiger partial charge >= 0.3 is 5.97 Å². The molecule has 104 valence electrons. The van der Waals surface area contributed by atoms with Gasteiger partial charge in [0.1, 0.15) is 0 Å². The van der Waals surface area contributed by atoms with Crippen molar-refractivity contribution in [2.24, 2.45) is 11.8 Å². The predicted octanol–water partition coefficient (Wildman–Crippen LogP) is 2.22. The van der Waals surface area contributed by atoms with Gasteiger partial charge in [-0.25, -0.2) is 0 Å². The minimum absolute atomic E-state index is 0.103. The maximum absolute atomic E-state index is 12.3. The van der Waals surface area contributed by atoms with Crippen LogP contribution >= 0.6 is 0 Å². The van der Waals surface area contributed by atoms with Crippen molar-refractivity contribution < 1.29 is 14.3 Å². The van der Waals surface area contributed by atoms with E-state index in [9.17, 15) is 9.59 Å². The molecule has 1 saturated heterocycles. The highest BCUT2D eigenvalue weighted by Crippen LogP contribution is 2.21. The standard InChI is InChI=1S/C14H25NO3/c1-4-11(5-2)13(16)15-9-7-8-12(10-15)14(17)18-6-3/h11-12H,4-10H2,1-3H3. The fourth-order valence-electron chi connectivity index (χ4n) is 2.53. The highest BCUT2D eigenvalue weighted by Gasteiger charge is 2.31. The van der Waals surface area contributed by atoms with E-state index in [-0.39, 0.29) is 23.7 Å². The topological polar surface area (TPSA) is 46.6 Å². The molecule has 1 amide bonds. The molecule has 1 aliphatic rings. The van der Waals surface area contributed by atoms with Crippen LogP contribution in [-0.2, 0) is 14.3 Å². The van der Waals surface area contributed by atoms with Crippen molar-refractivity contribution in [3.8, 4) is 0 Å². The van der Waals surface area contributed by atoms with Gasteiger partial charge in [-0.15, -0.1) is 0 Å². The Balaban J connectivity index is 2.57. The molecule has 1 atom stereocenters. The molecule has 4 heteroatoms. The van der Waals surface area contributed by atoms with Gasteiger partial charge in [0.15, 0.2) is 0 Å². The molecular formula is C14H25NO3. The zero-order valence-electron chi connectivity index (χ0n) is 11.8. The van der Waals surface area contributed by atoms with Crippen LogP contribution in [0, 0.1) is 11.8 Å². The first-order valence-electron chi connectivity index (χ1n) is 7.09. The van der Waals surface area contributed by atoms with Crippen LogP contribution in [-0.4, -0.2) is 36.5 Å². The lowest BCUT2D eigenvalue weighted by atomic mass is 9.95. The number of rotatable bonds is 5. The van der Waals surface area contributed by atoms with E-state index in [0.29, 0.717) is 13.2 Å². The molecule has 4 nitrogen and oxygen atoms in total. The van der Waals surface area contributed by atoms with E-state index in [4.69, 9.17) is 4.74 Å². The molecule has 1 rings (SSSR count). The zero-order valence-corrected chi connectivity index (χ0v) is 11.8. The summed E-state index contributed by atoms with van der Waals surface area (Å²) in [5, 5.41) is 0. The van der Waals surface area contributed by atoms with Crippen LogP contribution in [0.1, 0.15) is 46.5 Å². The van der Waals surface area contributed by atoms with Gasteiger partial charge in [-0.05, 0) is 32.6 Å². The number of carbonyl (C=O) groups is 2. The molecule has 0 bridgehead atoms. The maximum Gasteiger partial charge on any atom is 0.310 e. The van der Waals surface area contributed by atoms with E-state index in [0.717, 1.165) is 32.2 Å². The molecular weight excluding hydrogens is 230 g/mol. The van der Waals surface area contributed by atoms with Gasteiger partial charge in [-0.1, -0.05) is 13.8 Å². The smallest absolute Gasteiger partial charge is 0.310 e. The number of hydrogen-bond donors (Lipinski definition) is 0. The summed E-state index contributed by atoms with van der Waals surface area (Å²) in [7, 11) is 0. The summed E-state index contributed by atoms with van der Waals surface area (Å²) in [5.74, 6) is 0.0245. The fourth-order valence-corrected chi connectivity index (χ4v) is 2.53. The number of hydrogen-bond acceptors (Lipinski definition) is 3. The van der Waals surface area contributed by atoms with Gasteiger partial charge in [-0.3, -0.25) is 9.59 Å². The summed E-state index contributed by atoms with van der Waals surface area (Å²) in [6.07, 6.45) is 3.48. The van der Waals surface area contributed by atoms with Gasteiger partial charge in [0.05, 0.1) is 12.5 Å². The van der Waals surface area contributed by atoms with Crippen molar-refractivity contribution in [1.82, 2.24) is 4.90 Å². The number of amides is 1. The Bertz CT molecular complexity index is 287. The summed E-state index contributed by atoms with van der Waals surface area (Å²) in [4.78, 5) is 25.8. The lowest BCUT2D eigenvalue weighted by Crippen LogP contribution is -2.45. The minimum Gasteiger partial charge on any atom is -0.466 e. The Labute approximate surface area is 110 Å². The molecule has 0 spiro atoms. The average molecular weight is 255 g/mol. The summed E-state index contributed by atoms with van der Waals surface area (Å²) < 4.78 is 5.05. The quantitative estimate of drug-likeness (QED) is 0.708. The number of likely N-dealkylation sites (tertiary alicyclic amines) is 1. The molecule has 18 heavy (non-hydrogen) atoms. The van der Waals surface area contributed by atoms with Crippen LogP contribution < -0.4 is 0 Å². The normalized spacial score (nSPS) is 20.0. The molecule has 0 aromatic rings. The van der Waals surface area contributed by atoms with Crippen LogP contribution in [0.3, 0.4) is 0 Å². The largest absolute Gasteiger partial charge is 0.466 e. The molecule has 0 aromatic heterocycles. The molecule has 1 aliphatic heterocycles. The first kappa shape index (κ1) is 15.0. The third kappa shape index (κ3) is 3.72. The Morgan fingerprint density at radius 3 is 2.50 bits per heavy atom. The van der Waals surface area contributed by atoms with E-state index < -0.39 is 0 Å². The maximum atomic E-state index is 12.3. The number of carbonyl (C=O) groups excluding carboxylic acids is 2. The Kier molecular flexibility index (Phi) is 6.16. The predicted molar refractivity (Wildman–Crippen MR) is 70.0 cm³/mol. The van der Waals surface area contributed by atoms with Crippen molar-refractivity contribution in [2.45, 2.75) is 46.5 Å². The van der Waals surface area contributed by atoms with Gasteiger partial charge in [0.25, 0.3) is 0 Å². The minimum atomic E-state index is -0.153. The second kappa shape index (κ2) is 7.39. The molecule has 0 aromatic carbocycles. The summed E-state index contributed by atoms with van der Waals surface area (Å²) in [5.41, 5.74) is 0. The second-order valence-corrected chi connectivity index (χ2v) is 4.89. The van der Waals surface area contributed by atoms with Crippen molar-refractivity contribution >= 4 is 11.9 Å². The van der Waals surface area contributed by atoms with Crippen LogP contribution in [0.4, 0.5) is 0 Å². The highest BCUT2D eigenvalue weighted by molar-refractivity contribution is 5.80. The third-order valence-electron chi connectivity index (χ3n) is 3.69. The molecule has 0 aliphatic carbocycles. The number of ether oxygens (including phenoxy) is 1. The van der Waals surface area contributed by atoms with Crippen molar-refractivity contribution in [3.63, 3.8) is 0 Å². The molecule has 1 fully saturated rings. The third-order valence-corrected chi connectivity index (χ3v) is 3.69. The van der Waals surface area contributed by atoms with E-state index in [1.165, 1.54) is 0 Å². The number of piperidine rings is 1. The van der Waals surface area contributed by atoms with Gasteiger partial charge < -0.3 is 9.64 Å². The van der Waals surface area contributed by atoms with Crippen LogP contribution in [0.5, 0.6) is 0 Å². The van der Waals surface area contributed by atoms with Gasteiger partial charge in [0.2, 0.25) is 5.91 Å². The van der Waals surface area contributed by atoms with Crippen molar-refractivity contribution in [1.29, 1.82) is 0 Å². The van der Waals surface area contributed by atoms with Gasteiger partial charge in [-0.2, -0.15) is 0 Å². The molecule has 1 heterocycles. The van der Waals surface area contributed by atoms with Crippen LogP contribution in [0.25, 0.3) is 0 Å². The first-order valence-corrected chi connectivity index (χ1v) is 7.09. The first-order chi connectivity index (χ1) is 8.63. The lowest BCUT2D eigenvalue weighted by molar-refractivity contribution is -0.152. The Morgan fingerprint density at radius 1 is 1.28 bits per heavy atom. The molecule has 0 N–H and O–H groups in total. The van der Waals surface area contributed by atoms with E-state index in [1.807, 2.05) is 25.7 Å². The highest BCUT2D eigenvalue weighted by atomic mass is 16.5. The van der Waals surface area contributed by atoms with Gasteiger partial charge in [0, 0.05) is 19.0 Å². The summed E-state index contributed by atoms with van der Waals surface area (Å²) >= 11 is 0. The SMILES string of the molecule is CCOC(=O)C1CCCN(C(=O)C(CC)CC)C1. The Morgan fingerprint density at radius 2 is 1.94 bits per heavy atom.